The predicted molar refractivity (Wildman–Crippen MR) is 97.5 cm³/mol. The van der Waals surface area contributed by atoms with Gasteiger partial charge in [-0.1, -0.05) is 54.1 Å². The van der Waals surface area contributed by atoms with E-state index in [2.05, 4.69) is 29.4 Å². The van der Waals surface area contributed by atoms with Crippen LogP contribution in [-0.4, -0.2) is 28.9 Å². The van der Waals surface area contributed by atoms with Gasteiger partial charge in [-0.2, -0.15) is 5.11 Å². The van der Waals surface area contributed by atoms with Crippen LogP contribution in [0.15, 0.2) is 58.9 Å². The third kappa shape index (κ3) is 2.67. The zero-order chi connectivity index (χ0) is 18.3. The maximum absolute atomic E-state index is 12.9. The van der Waals surface area contributed by atoms with E-state index in [1.54, 1.807) is 17.1 Å². The molecular formula is C20H20N4O2. The fourth-order valence-electron chi connectivity index (χ4n) is 3.37. The van der Waals surface area contributed by atoms with Gasteiger partial charge >= 0.3 is 0 Å². The van der Waals surface area contributed by atoms with Gasteiger partial charge in [0.2, 0.25) is 0 Å². The highest BCUT2D eigenvalue weighted by Crippen LogP contribution is 2.32. The van der Waals surface area contributed by atoms with Crippen LogP contribution in [0.1, 0.15) is 23.6 Å². The molecule has 2 aliphatic rings. The fraction of sp³-hybridized carbons (Fsp3) is 0.300. The minimum atomic E-state index is -0.751. The molecule has 4 rings (SSSR count). The third-order valence-corrected chi connectivity index (χ3v) is 4.93. The van der Waals surface area contributed by atoms with Gasteiger partial charge in [-0.25, -0.2) is 4.90 Å². The van der Waals surface area contributed by atoms with Crippen molar-refractivity contribution in [2.75, 3.05) is 4.90 Å². The zero-order valence-electron chi connectivity index (χ0n) is 14.8. The topological polar surface area (TPSA) is 65.3 Å². The van der Waals surface area contributed by atoms with Gasteiger partial charge in [-0.05, 0) is 36.6 Å². The molecule has 6 nitrogen and oxygen atoms in total. The van der Waals surface area contributed by atoms with Gasteiger partial charge < -0.3 is 0 Å². The maximum atomic E-state index is 12.9. The first kappa shape index (κ1) is 16.4. The van der Waals surface area contributed by atoms with Crippen LogP contribution in [0, 0.1) is 6.92 Å². The Balaban J connectivity index is 1.56. The van der Waals surface area contributed by atoms with Gasteiger partial charge in [0.25, 0.3) is 11.8 Å². The van der Waals surface area contributed by atoms with Gasteiger partial charge in [0.15, 0.2) is 12.1 Å². The molecule has 1 fully saturated rings. The molecule has 0 unspecified atom stereocenters. The summed E-state index contributed by atoms with van der Waals surface area (Å²) in [5.74, 6) is -0.574. The zero-order valence-corrected chi connectivity index (χ0v) is 14.8. The van der Waals surface area contributed by atoms with Crippen LogP contribution < -0.4 is 4.90 Å². The Hall–Kier alpha value is -3.02. The molecule has 0 N–H and O–H groups in total. The highest BCUT2D eigenvalue weighted by molar-refractivity contribution is 6.25. The van der Waals surface area contributed by atoms with Gasteiger partial charge in [-0.15, -0.1) is 0 Å². The van der Waals surface area contributed by atoms with Crippen LogP contribution in [0.3, 0.4) is 0 Å². The predicted octanol–water partition coefficient (Wildman–Crippen LogP) is 3.05. The van der Waals surface area contributed by atoms with Gasteiger partial charge in [0.1, 0.15) is 0 Å². The smallest absolute Gasteiger partial charge is 0.263 e. The fourth-order valence-corrected chi connectivity index (χ4v) is 3.37. The Morgan fingerprint density at radius 1 is 0.923 bits per heavy atom. The quantitative estimate of drug-likeness (QED) is 0.798. The summed E-state index contributed by atoms with van der Waals surface area (Å²) in [6.45, 7) is 4.53. The number of hydrogen-bond acceptors (Lipinski definition) is 5. The van der Waals surface area contributed by atoms with Crippen molar-refractivity contribution in [2.45, 2.75) is 38.9 Å². The first-order valence-electron chi connectivity index (χ1n) is 8.78. The van der Waals surface area contributed by atoms with Crippen molar-refractivity contribution >= 4 is 17.5 Å². The number of hydrogen-bond donors (Lipinski definition) is 0. The van der Waals surface area contributed by atoms with Crippen molar-refractivity contribution in [3.8, 4) is 0 Å². The summed E-state index contributed by atoms with van der Waals surface area (Å²) in [6.07, 6.45) is 0.979. The number of imide groups is 1. The summed E-state index contributed by atoms with van der Waals surface area (Å²) in [7, 11) is 0. The molecule has 0 bridgehead atoms. The molecule has 2 aliphatic heterocycles. The van der Waals surface area contributed by atoms with Gasteiger partial charge in [-0.3, -0.25) is 14.6 Å². The van der Waals surface area contributed by atoms with Crippen molar-refractivity contribution in [3.05, 3.63) is 65.2 Å². The third-order valence-electron chi connectivity index (χ3n) is 4.93. The standard InChI is InChI=1S/C20H20N4O2/c1-3-14-6-8-15(9-7-14)12-23-18-17(21-22-23)19(25)24(20(18)26)16-10-4-13(2)5-11-16/h4-11,17-18H,3,12H2,1-2H3/t17-,18+/m1/s1. The van der Waals surface area contributed by atoms with Crippen molar-refractivity contribution in [1.82, 2.24) is 5.01 Å². The Bertz CT molecular complexity index is 874. The second-order valence-electron chi connectivity index (χ2n) is 6.71. The molecule has 132 valence electrons. The molecule has 2 atom stereocenters. The van der Waals surface area contributed by atoms with Crippen molar-refractivity contribution in [3.63, 3.8) is 0 Å². The number of benzene rings is 2. The van der Waals surface area contributed by atoms with E-state index >= 15 is 0 Å². The summed E-state index contributed by atoms with van der Waals surface area (Å²) in [5, 5.41) is 9.79. The van der Waals surface area contributed by atoms with E-state index in [1.807, 2.05) is 31.2 Å². The van der Waals surface area contributed by atoms with E-state index in [-0.39, 0.29) is 11.8 Å². The minimum absolute atomic E-state index is 0.265. The Morgan fingerprint density at radius 2 is 1.58 bits per heavy atom. The number of amides is 2. The second kappa shape index (κ2) is 6.37. The average Bonchev–Trinajstić information content (AvgIpc) is 3.17. The van der Waals surface area contributed by atoms with Crippen LogP contribution in [-0.2, 0) is 22.6 Å². The Morgan fingerprint density at radius 3 is 2.23 bits per heavy atom. The molecule has 2 aromatic rings. The largest absolute Gasteiger partial charge is 0.271 e. The van der Waals surface area contributed by atoms with E-state index in [4.69, 9.17) is 0 Å². The lowest BCUT2D eigenvalue weighted by molar-refractivity contribution is -0.123. The van der Waals surface area contributed by atoms with E-state index in [9.17, 15) is 9.59 Å². The highest BCUT2D eigenvalue weighted by Gasteiger charge is 2.54. The molecule has 2 amide bonds. The molecular weight excluding hydrogens is 328 g/mol. The number of anilines is 1. The first-order chi connectivity index (χ1) is 12.6. The highest BCUT2D eigenvalue weighted by atomic mass is 16.2. The monoisotopic (exact) mass is 348 g/mol. The molecule has 6 heteroatoms. The molecule has 2 heterocycles. The van der Waals surface area contributed by atoms with Crippen molar-refractivity contribution in [2.24, 2.45) is 10.3 Å². The molecule has 0 saturated carbocycles. The summed E-state index contributed by atoms with van der Waals surface area (Å²) < 4.78 is 0. The average molecular weight is 348 g/mol. The number of carbonyl (C=O) groups excluding carboxylic acids is 2. The number of fused-ring (bicyclic) bond motifs is 1. The molecule has 0 radical (unpaired) electrons. The number of carbonyl (C=O) groups is 2. The summed E-state index contributed by atoms with van der Waals surface area (Å²) in [5.41, 5.74) is 3.95. The molecule has 0 aromatic heterocycles. The number of nitrogens with zero attached hydrogens (tertiary/aromatic N) is 4. The van der Waals surface area contributed by atoms with Gasteiger partial charge in [0, 0.05) is 0 Å². The van der Waals surface area contributed by atoms with E-state index in [0.29, 0.717) is 12.2 Å². The van der Waals surface area contributed by atoms with Crippen LogP contribution in [0.5, 0.6) is 0 Å². The van der Waals surface area contributed by atoms with Crippen LogP contribution in [0.25, 0.3) is 0 Å². The number of rotatable bonds is 4. The Kier molecular flexibility index (Phi) is 4.03. The van der Waals surface area contributed by atoms with Crippen molar-refractivity contribution < 1.29 is 9.59 Å². The number of aryl methyl sites for hydroxylation is 2. The normalized spacial score (nSPS) is 21.6. The Labute approximate surface area is 152 Å². The molecule has 1 saturated heterocycles. The maximum Gasteiger partial charge on any atom is 0.263 e. The van der Waals surface area contributed by atoms with E-state index in [1.165, 1.54) is 10.5 Å². The van der Waals surface area contributed by atoms with Crippen LogP contribution >= 0.6 is 0 Å². The van der Waals surface area contributed by atoms with Crippen LogP contribution in [0.2, 0.25) is 0 Å². The van der Waals surface area contributed by atoms with E-state index in [0.717, 1.165) is 17.5 Å². The summed E-state index contributed by atoms with van der Waals surface area (Å²) >= 11 is 0. The summed E-state index contributed by atoms with van der Waals surface area (Å²) in [4.78, 5) is 26.9. The second-order valence-corrected chi connectivity index (χ2v) is 6.71. The molecule has 0 spiro atoms. The summed E-state index contributed by atoms with van der Waals surface area (Å²) in [6, 6.07) is 14.1. The molecule has 0 aliphatic carbocycles. The lowest BCUT2D eigenvalue weighted by Gasteiger charge is -2.20. The van der Waals surface area contributed by atoms with E-state index < -0.39 is 12.1 Å². The minimum Gasteiger partial charge on any atom is -0.271 e. The molecule has 26 heavy (non-hydrogen) atoms. The lowest BCUT2D eigenvalue weighted by atomic mass is 10.1. The molecule has 2 aromatic carbocycles. The SMILES string of the molecule is CCc1ccc(CN2N=N[C@H]3C(=O)N(c4ccc(C)cc4)C(=O)[C@H]32)cc1. The van der Waals surface area contributed by atoms with Crippen LogP contribution in [0.4, 0.5) is 5.69 Å². The van der Waals surface area contributed by atoms with Gasteiger partial charge in [0.05, 0.1) is 12.2 Å². The first-order valence-corrected chi connectivity index (χ1v) is 8.78. The lowest BCUT2D eigenvalue weighted by Crippen LogP contribution is -2.39. The van der Waals surface area contributed by atoms with Crippen molar-refractivity contribution in [1.29, 1.82) is 0 Å².